The molecule has 0 spiro atoms. The number of nitrogens with zero attached hydrogens (tertiary/aromatic N) is 2. The molecule has 0 saturated carbocycles. The molecular weight excluding hydrogens is 418 g/mol. The lowest BCUT2D eigenvalue weighted by Gasteiger charge is -2.16. The highest BCUT2D eigenvalue weighted by atomic mass is 16.5. The molecule has 170 valence electrons. The highest BCUT2D eigenvalue weighted by Crippen LogP contribution is 2.40. The van der Waals surface area contributed by atoms with Crippen molar-refractivity contribution in [3.63, 3.8) is 0 Å². The standard InChI is InChI=1S/C20H23N3O3.C2H2O4/c1-23-16(14-8-6-5-7-9-14)13-22-20(23)21-12-15-10-11-17(24-2)19(26-4)18(15)25-3;3-1(4)2(5)6/h5-11,13H,12H2,1-4H3,(H,21,22);(H,3,4)(H,5,6). The lowest BCUT2D eigenvalue weighted by atomic mass is 10.1. The summed E-state index contributed by atoms with van der Waals surface area (Å²) >= 11 is 0. The van der Waals surface area contributed by atoms with E-state index >= 15 is 0 Å². The maximum absolute atomic E-state index is 9.10. The molecule has 3 N–H and O–H groups in total. The zero-order chi connectivity index (χ0) is 23.7. The molecule has 1 heterocycles. The average Bonchev–Trinajstić information content (AvgIpc) is 3.17. The van der Waals surface area contributed by atoms with E-state index < -0.39 is 11.9 Å². The number of aliphatic carboxylic acids is 2. The predicted octanol–water partition coefficient (Wildman–Crippen LogP) is 2.88. The number of imidazole rings is 1. The molecule has 0 aliphatic heterocycles. The van der Waals surface area contributed by atoms with Crippen LogP contribution < -0.4 is 19.5 Å². The molecule has 1 aromatic heterocycles. The van der Waals surface area contributed by atoms with Crippen molar-refractivity contribution in [1.82, 2.24) is 9.55 Å². The van der Waals surface area contributed by atoms with Gasteiger partial charge in [0.15, 0.2) is 11.5 Å². The van der Waals surface area contributed by atoms with E-state index in [1.165, 1.54) is 0 Å². The predicted molar refractivity (Wildman–Crippen MR) is 117 cm³/mol. The van der Waals surface area contributed by atoms with Crippen LogP contribution >= 0.6 is 0 Å². The third-order valence-electron chi connectivity index (χ3n) is 4.46. The molecule has 0 amide bonds. The minimum atomic E-state index is -1.82. The second-order valence-corrected chi connectivity index (χ2v) is 6.35. The molecule has 10 heteroatoms. The number of carboxylic acid groups (broad SMARTS) is 2. The fraction of sp³-hybridized carbons (Fsp3) is 0.227. The van der Waals surface area contributed by atoms with Crippen molar-refractivity contribution >= 4 is 17.9 Å². The van der Waals surface area contributed by atoms with Crippen molar-refractivity contribution in [1.29, 1.82) is 0 Å². The van der Waals surface area contributed by atoms with E-state index in [9.17, 15) is 0 Å². The molecule has 0 aliphatic carbocycles. The fourth-order valence-corrected chi connectivity index (χ4v) is 2.93. The van der Waals surface area contributed by atoms with E-state index in [1.54, 1.807) is 21.3 Å². The van der Waals surface area contributed by atoms with E-state index in [1.807, 2.05) is 48.1 Å². The monoisotopic (exact) mass is 443 g/mol. The van der Waals surface area contributed by atoms with Gasteiger partial charge in [0.05, 0.1) is 33.2 Å². The van der Waals surface area contributed by atoms with Crippen LogP contribution in [0.2, 0.25) is 0 Å². The van der Waals surface area contributed by atoms with Crippen LogP contribution in [0.4, 0.5) is 5.95 Å². The van der Waals surface area contributed by atoms with Crippen molar-refractivity contribution in [2.24, 2.45) is 7.05 Å². The molecule has 0 bridgehead atoms. The Morgan fingerprint density at radius 2 is 1.56 bits per heavy atom. The van der Waals surface area contributed by atoms with E-state index in [-0.39, 0.29) is 0 Å². The van der Waals surface area contributed by atoms with Crippen LogP contribution in [0.5, 0.6) is 17.2 Å². The maximum atomic E-state index is 9.10. The van der Waals surface area contributed by atoms with E-state index in [4.69, 9.17) is 34.0 Å². The first-order chi connectivity index (χ1) is 15.3. The number of aromatic nitrogens is 2. The molecule has 0 fully saturated rings. The highest BCUT2D eigenvalue weighted by molar-refractivity contribution is 6.27. The van der Waals surface area contributed by atoms with Crippen LogP contribution in [0, 0.1) is 0 Å². The summed E-state index contributed by atoms with van der Waals surface area (Å²) in [6.45, 7) is 0.544. The lowest BCUT2D eigenvalue weighted by Crippen LogP contribution is -2.09. The van der Waals surface area contributed by atoms with Gasteiger partial charge in [-0.3, -0.25) is 0 Å². The van der Waals surface area contributed by atoms with Gasteiger partial charge in [0.2, 0.25) is 11.7 Å². The smallest absolute Gasteiger partial charge is 0.414 e. The second kappa shape index (κ2) is 11.3. The number of ether oxygens (including phenoxy) is 3. The van der Waals surface area contributed by atoms with Crippen LogP contribution in [0.15, 0.2) is 48.7 Å². The van der Waals surface area contributed by atoms with Gasteiger partial charge in [-0.2, -0.15) is 0 Å². The first kappa shape index (κ1) is 24.1. The summed E-state index contributed by atoms with van der Waals surface area (Å²) in [6.07, 6.45) is 1.86. The number of rotatable bonds is 7. The van der Waals surface area contributed by atoms with E-state index in [2.05, 4.69) is 22.4 Å². The maximum Gasteiger partial charge on any atom is 0.414 e. The minimum Gasteiger partial charge on any atom is -0.493 e. The van der Waals surface area contributed by atoms with Gasteiger partial charge in [-0.1, -0.05) is 30.3 Å². The fourth-order valence-electron chi connectivity index (χ4n) is 2.93. The van der Waals surface area contributed by atoms with Crippen molar-refractivity contribution < 1.29 is 34.0 Å². The highest BCUT2D eigenvalue weighted by Gasteiger charge is 2.16. The van der Waals surface area contributed by atoms with Crippen LogP contribution in [-0.2, 0) is 23.2 Å². The van der Waals surface area contributed by atoms with Gasteiger partial charge >= 0.3 is 11.9 Å². The van der Waals surface area contributed by atoms with Gasteiger partial charge in [-0.05, 0) is 17.7 Å². The van der Waals surface area contributed by atoms with Gasteiger partial charge in [-0.25, -0.2) is 14.6 Å². The second-order valence-electron chi connectivity index (χ2n) is 6.35. The molecule has 32 heavy (non-hydrogen) atoms. The van der Waals surface area contributed by atoms with Crippen LogP contribution in [0.3, 0.4) is 0 Å². The molecule has 0 atom stereocenters. The van der Waals surface area contributed by atoms with Crippen LogP contribution in [-0.4, -0.2) is 53.0 Å². The van der Waals surface area contributed by atoms with Crippen molar-refractivity contribution in [2.75, 3.05) is 26.6 Å². The van der Waals surface area contributed by atoms with Crippen LogP contribution in [0.1, 0.15) is 5.56 Å². The quantitative estimate of drug-likeness (QED) is 0.472. The number of hydrogen-bond acceptors (Lipinski definition) is 7. The molecule has 0 unspecified atom stereocenters. The molecule has 0 aliphatic rings. The van der Waals surface area contributed by atoms with Gasteiger partial charge in [0, 0.05) is 19.2 Å². The number of benzene rings is 2. The zero-order valence-electron chi connectivity index (χ0n) is 18.2. The summed E-state index contributed by atoms with van der Waals surface area (Å²) < 4.78 is 18.3. The lowest BCUT2D eigenvalue weighted by molar-refractivity contribution is -0.159. The van der Waals surface area contributed by atoms with Crippen molar-refractivity contribution in [3.8, 4) is 28.5 Å². The Morgan fingerprint density at radius 3 is 2.09 bits per heavy atom. The number of carboxylic acids is 2. The Morgan fingerprint density at radius 1 is 0.938 bits per heavy atom. The third kappa shape index (κ3) is 5.69. The van der Waals surface area contributed by atoms with Crippen molar-refractivity contribution in [3.05, 3.63) is 54.2 Å². The van der Waals surface area contributed by atoms with Crippen LogP contribution in [0.25, 0.3) is 11.3 Å². The summed E-state index contributed by atoms with van der Waals surface area (Å²) in [5.41, 5.74) is 3.13. The summed E-state index contributed by atoms with van der Waals surface area (Å²) in [6, 6.07) is 14.0. The molecule has 3 rings (SSSR count). The van der Waals surface area contributed by atoms with E-state index in [0.717, 1.165) is 22.8 Å². The Hall–Kier alpha value is -4.21. The summed E-state index contributed by atoms with van der Waals surface area (Å²) in [5.74, 6) is -1.00. The molecule has 10 nitrogen and oxygen atoms in total. The molecule has 2 aromatic carbocycles. The van der Waals surface area contributed by atoms with Gasteiger partial charge < -0.3 is 34.3 Å². The molecular formula is C22H25N3O7. The minimum absolute atomic E-state index is 0.544. The van der Waals surface area contributed by atoms with E-state index in [0.29, 0.717) is 23.8 Å². The first-order valence-corrected chi connectivity index (χ1v) is 9.39. The molecule has 3 aromatic rings. The number of hydrogen-bond donors (Lipinski definition) is 3. The number of nitrogens with one attached hydrogen (secondary N) is 1. The Kier molecular flexibility index (Phi) is 8.46. The number of anilines is 1. The largest absolute Gasteiger partial charge is 0.493 e. The van der Waals surface area contributed by atoms with Gasteiger partial charge in [-0.15, -0.1) is 0 Å². The van der Waals surface area contributed by atoms with Gasteiger partial charge in [0.1, 0.15) is 0 Å². The number of carbonyl (C=O) groups is 2. The normalized spacial score (nSPS) is 9.88. The molecule has 0 radical (unpaired) electrons. The third-order valence-corrected chi connectivity index (χ3v) is 4.46. The Labute approximate surface area is 185 Å². The number of methoxy groups -OCH3 is 3. The summed E-state index contributed by atoms with van der Waals surface area (Å²) in [4.78, 5) is 22.7. The topological polar surface area (TPSA) is 132 Å². The molecule has 0 saturated heterocycles. The first-order valence-electron chi connectivity index (χ1n) is 9.39. The average molecular weight is 443 g/mol. The van der Waals surface area contributed by atoms with Crippen molar-refractivity contribution in [2.45, 2.75) is 6.54 Å². The SMILES string of the molecule is COc1ccc(CNc2ncc(-c3ccccc3)n2C)c(OC)c1OC.O=C(O)C(=O)O. The Bertz CT molecular complexity index is 1050. The summed E-state index contributed by atoms with van der Waals surface area (Å²) in [7, 11) is 6.81. The summed E-state index contributed by atoms with van der Waals surface area (Å²) in [5, 5.41) is 18.1. The van der Waals surface area contributed by atoms with Gasteiger partial charge in [0.25, 0.3) is 0 Å². The zero-order valence-corrected chi connectivity index (χ0v) is 18.2. The Balaban J connectivity index is 0.000000534.